The van der Waals surface area contributed by atoms with Crippen molar-refractivity contribution in [1.82, 2.24) is 10.6 Å². The van der Waals surface area contributed by atoms with Crippen molar-refractivity contribution in [2.75, 3.05) is 26.3 Å². The molecule has 0 aliphatic carbocycles. The molecule has 18 heavy (non-hydrogen) atoms. The maximum absolute atomic E-state index is 10.1. The van der Waals surface area contributed by atoms with Crippen molar-refractivity contribution in [3.8, 4) is 0 Å². The van der Waals surface area contributed by atoms with Gasteiger partial charge in [-0.2, -0.15) is 0 Å². The average Bonchev–Trinajstić information content (AvgIpc) is 2.87. The van der Waals surface area contributed by atoms with Crippen LogP contribution in [-0.4, -0.2) is 38.5 Å². The Bertz CT molecular complexity index is 183. The molecule has 0 spiro atoms. The molecule has 0 bridgehead atoms. The number of nitrogens with one attached hydrogen (secondary N) is 2. The number of carbonyl (C=O) groups excluding carboxylic acids is 2. The lowest BCUT2D eigenvalue weighted by Crippen LogP contribution is -2.31. The van der Waals surface area contributed by atoms with Gasteiger partial charge >= 0.3 is 12.2 Å². The predicted molar refractivity (Wildman–Crippen MR) is 72.7 cm³/mol. The third kappa shape index (κ3) is 14.5. The van der Waals surface area contributed by atoms with Crippen molar-refractivity contribution in [1.29, 1.82) is 0 Å². The molecule has 0 atom stereocenters. The zero-order valence-corrected chi connectivity index (χ0v) is 11.2. The molecule has 6 heteroatoms. The molecule has 2 rings (SSSR count). The molecule has 0 saturated carbocycles. The van der Waals surface area contributed by atoms with Gasteiger partial charge in [0.2, 0.25) is 0 Å². The van der Waals surface area contributed by atoms with E-state index in [0.717, 1.165) is 13.0 Å². The number of ether oxygens (including phenoxy) is 2. The summed E-state index contributed by atoms with van der Waals surface area (Å²) in [5.41, 5.74) is 0. The topological polar surface area (TPSA) is 76.7 Å². The highest BCUT2D eigenvalue weighted by atomic mass is 16.6. The van der Waals surface area contributed by atoms with Crippen molar-refractivity contribution < 1.29 is 19.1 Å². The third-order valence-electron chi connectivity index (χ3n) is 1.43. The van der Waals surface area contributed by atoms with Gasteiger partial charge in [0.1, 0.15) is 6.61 Å². The molecular weight excluding hydrogens is 236 g/mol. The lowest BCUT2D eigenvalue weighted by atomic mass is 10.4. The van der Waals surface area contributed by atoms with E-state index in [0.29, 0.717) is 19.8 Å². The monoisotopic (exact) mass is 264 g/mol. The first-order valence-corrected chi connectivity index (χ1v) is 6.10. The van der Waals surface area contributed by atoms with Gasteiger partial charge in [-0.15, -0.1) is 0 Å². The van der Waals surface area contributed by atoms with Crippen molar-refractivity contribution in [2.45, 2.75) is 41.5 Å². The van der Waals surface area contributed by atoms with Crippen LogP contribution in [0, 0.1) is 0 Å². The van der Waals surface area contributed by atoms with Gasteiger partial charge in [-0.1, -0.05) is 35.1 Å². The summed E-state index contributed by atoms with van der Waals surface area (Å²) < 4.78 is 8.93. The molecule has 2 N–H and O–H groups in total. The van der Waals surface area contributed by atoms with Crippen LogP contribution in [0.25, 0.3) is 0 Å². The average molecular weight is 264 g/mol. The summed E-state index contributed by atoms with van der Waals surface area (Å²) in [7, 11) is 0. The van der Waals surface area contributed by atoms with Crippen LogP contribution >= 0.6 is 0 Å². The zero-order chi connectivity index (χ0) is 13.5. The van der Waals surface area contributed by atoms with E-state index in [-0.39, 0.29) is 19.6 Å². The minimum atomic E-state index is -0.296. The molecule has 2 heterocycles. The van der Waals surface area contributed by atoms with Crippen LogP contribution in [0.3, 0.4) is 0 Å². The highest BCUT2D eigenvalue weighted by Gasteiger charge is 2.06. The second kappa shape index (κ2) is 17.9. The molecule has 2 aliphatic heterocycles. The Morgan fingerprint density at radius 1 is 0.833 bits per heavy atom. The van der Waals surface area contributed by atoms with E-state index in [9.17, 15) is 9.59 Å². The largest absolute Gasteiger partial charge is 0.449 e. The molecule has 2 aliphatic rings. The van der Waals surface area contributed by atoms with E-state index in [1.807, 2.05) is 27.7 Å². The van der Waals surface area contributed by atoms with Gasteiger partial charge in [0.25, 0.3) is 0 Å². The molecule has 2 fully saturated rings. The maximum Gasteiger partial charge on any atom is 0.407 e. The second-order valence-corrected chi connectivity index (χ2v) is 2.48. The summed E-state index contributed by atoms with van der Waals surface area (Å²) in [6, 6.07) is 0. The third-order valence-corrected chi connectivity index (χ3v) is 1.43. The van der Waals surface area contributed by atoms with Gasteiger partial charge in [-0.05, 0) is 6.42 Å². The molecule has 0 radical (unpaired) electrons. The van der Waals surface area contributed by atoms with Crippen LogP contribution in [0.4, 0.5) is 9.59 Å². The molecule has 0 aromatic heterocycles. The van der Waals surface area contributed by atoms with Crippen molar-refractivity contribution in [2.24, 2.45) is 0 Å². The minimum Gasteiger partial charge on any atom is -0.449 e. The zero-order valence-electron chi connectivity index (χ0n) is 11.2. The first kappa shape index (κ1) is 21.8. The number of alkyl carbamates (subject to hydrolysis) is 2. The maximum atomic E-state index is 10.1. The summed E-state index contributed by atoms with van der Waals surface area (Å²) >= 11 is 0. The number of carbonyl (C=O) groups is 2. The normalized spacial score (nSPS) is 15.1. The smallest absolute Gasteiger partial charge is 0.407 e. The number of amides is 2. The summed E-state index contributed by atoms with van der Waals surface area (Å²) in [4.78, 5) is 20.0. The fourth-order valence-corrected chi connectivity index (χ4v) is 0.826. The van der Waals surface area contributed by atoms with E-state index in [1.54, 1.807) is 0 Å². The van der Waals surface area contributed by atoms with Crippen LogP contribution in [0.5, 0.6) is 0 Å². The highest BCUT2D eigenvalue weighted by Crippen LogP contribution is 1.88. The molecule has 0 unspecified atom stereocenters. The van der Waals surface area contributed by atoms with Crippen LogP contribution in [0.2, 0.25) is 0 Å². The number of cyclic esters (lactones) is 2. The summed E-state index contributed by atoms with van der Waals surface area (Å²) in [6.45, 7) is 10.5. The summed E-state index contributed by atoms with van der Waals surface area (Å²) in [5.74, 6) is 0. The number of hydrogen-bond donors (Lipinski definition) is 2. The first-order chi connectivity index (χ1) is 8.29. The lowest BCUT2D eigenvalue weighted by Gasteiger charge is -2.10. The Labute approximate surface area is 110 Å². The van der Waals surface area contributed by atoms with E-state index >= 15 is 0 Å². The molecule has 2 amide bonds. The first-order valence-electron chi connectivity index (χ1n) is 6.10. The fourth-order valence-electron chi connectivity index (χ4n) is 0.826. The Morgan fingerprint density at radius 3 is 1.44 bits per heavy atom. The van der Waals surface area contributed by atoms with Gasteiger partial charge in [0.15, 0.2) is 0 Å². The minimum absolute atomic E-state index is 0. The molecule has 0 aromatic carbocycles. The number of hydrogen-bond acceptors (Lipinski definition) is 4. The van der Waals surface area contributed by atoms with Gasteiger partial charge in [0, 0.05) is 6.54 Å². The Balaban J connectivity index is -0.000000189. The van der Waals surface area contributed by atoms with Crippen LogP contribution in [-0.2, 0) is 9.47 Å². The second-order valence-electron chi connectivity index (χ2n) is 2.48. The summed E-state index contributed by atoms with van der Waals surface area (Å²) in [5, 5.41) is 4.98. The van der Waals surface area contributed by atoms with Crippen LogP contribution < -0.4 is 10.6 Å². The van der Waals surface area contributed by atoms with Crippen molar-refractivity contribution in [3.05, 3.63) is 0 Å². The fraction of sp³-hybridized carbons (Fsp3) is 0.833. The molecule has 2 saturated heterocycles. The van der Waals surface area contributed by atoms with Crippen LogP contribution in [0.15, 0.2) is 0 Å². The van der Waals surface area contributed by atoms with E-state index in [1.165, 1.54) is 0 Å². The molecule has 6 nitrogen and oxygen atoms in total. The molecule has 110 valence electrons. The Morgan fingerprint density at radius 2 is 1.28 bits per heavy atom. The van der Waals surface area contributed by atoms with E-state index in [2.05, 4.69) is 20.1 Å². The van der Waals surface area contributed by atoms with Crippen molar-refractivity contribution >= 4 is 12.2 Å². The quantitative estimate of drug-likeness (QED) is 0.705. The highest BCUT2D eigenvalue weighted by molar-refractivity contribution is 5.68. The predicted octanol–water partition coefficient (Wildman–Crippen LogP) is 2.53. The van der Waals surface area contributed by atoms with Gasteiger partial charge < -0.3 is 20.1 Å². The lowest BCUT2D eigenvalue weighted by molar-refractivity contribution is 0.129. The Hall–Kier alpha value is -1.46. The van der Waals surface area contributed by atoms with E-state index in [4.69, 9.17) is 0 Å². The van der Waals surface area contributed by atoms with Gasteiger partial charge in [-0.25, -0.2) is 9.59 Å². The van der Waals surface area contributed by atoms with Gasteiger partial charge in [-0.3, -0.25) is 0 Å². The standard InChI is InChI=1S/C4H7NO2.C3H5NO2.2C2H6.CH4/c6-4-5-2-1-3-7-4;5-3-4-1-2-6-3;2*1-2;/h1-3H2,(H,5,6);1-2H2,(H,4,5);2*1-2H3;1H4. The van der Waals surface area contributed by atoms with Gasteiger partial charge in [0.05, 0.1) is 13.2 Å². The molecular formula is C12H28N2O4. The summed E-state index contributed by atoms with van der Waals surface area (Å²) in [6.07, 6.45) is 0.354. The SMILES string of the molecule is C.CC.CC.O=C1NCCCO1.O=C1NCCO1. The molecule has 0 aromatic rings. The van der Waals surface area contributed by atoms with E-state index < -0.39 is 0 Å². The number of rotatable bonds is 0. The van der Waals surface area contributed by atoms with Crippen LogP contribution in [0.1, 0.15) is 41.5 Å². The Kier molecular flexibility index (Phi) is 21.7. The van der Waals surface area contributed by atoms with Crippen molar-refractivity contribution in [3.63, 3.8) is 0 Å².